The smallest absolute Gasteiger partial charge is 0.111 e. The molecule has 0 saturated carbocycles. The van der Waals surface area contributed by atoms with Gasteiger partial charge in [0.05, 0.1) is 6.21 Å². The molecule has 0 bridgehead atoms. The van der Waals surface area contributed by atoms with Crippen LogP contribution in [-0.2, 0) is 4.84 Å². The van der Waals surface area contributed by atoms with Crippen LogP contribution in [0.1, 0.15) is 24.5 Å². The minimum absolute atomic E-state index is 0.406. The van der Waals surface area contributed by atoms with Gasteiger partial charge in [-0.15, -0.1) is 0 Å². The first-order valence-corrected chi connectivity index (χ1v) is 6.32. The molecule has 1 aromatic carbocycles. The molecule has 0 saturated heterocycles. The zero-order valence-corrected chi connectivity index (χ0v) is 11.7. The van der Waals surface area contributed by atoms with Crippen molar-refractivity contribution in [1.82, 2.24) is 0 Å². The SMILES string of the molecule is CC1C=C(O)C=CC1.CO/N=C/c1cccc(C)c1. The summed E-state index contributed by atoms with van der Waals surface area (Å²) in [6.07, 6.45) is 8.33. The summed E-state index contributed by atoms with van der Waals surface area (Å²) in [5, 5.41) is 12.5. The van der Waals surface area contributed by atoms with Crippen molar-refractivity contribution in [2.45, 2.75) is 20.3 Å². The van der Waals surface area contributed by atoms with Gasteiger partial charge in [-0.2, -0.15) is 0 Å². The van der Waals surface area contributed by atoms with E-state index in [1.54, 1.807) is 12.3 Å². The fraction of sp³-hybridized carbons (Fsp3) is 0.312. The van der Waals surface area contributed by atoms with Gasteiger partial charge < -0.3 is 9.94 Å². The minimum atomic E-state index is 0.406. The molecule has 2 rings (SSSR count). The molecule has 1 unspecified atom stereocenters. The summed E-state index contributed by atoms with van der Waals surface area (Å²) in [5.41, 5.74) is 2.29. The Kier molecular flexibility index (Phi) is 6.44. The largest absolute Gasteiger partial charge is 0.508 e. The lowest BCUT2D eigenvalue weighted by Gasteiger charge is -2.05. The van der Waals surface area contributed by atoms with E-state index in [2.05, 4.69) is 16.9 Å². The lowest BCUT2D eigenvalue weighted by atomic mass is 10.0. The van der Waals surface area contributed by atoms with Crippen molar-refractivity contribution in [3.8, 4) is 0 Å². The van der Waals surface area contributed by atoms with Gasteiger partial charge >= 0.3 is 0 Å². The van der Waals surface area contributed by atoms with Crippen molar-refractivity contribution >= 4 is 6.21 Å². The van der Waals surface area contributed by atoms with Crippen LogP contribution in [0.2, 0.25) is 0 Å². The zero-order chi connectivity index (χ0) is 14.1. The third-order valence-corrected chi connectivity index (χ3v) is 2.60. The fourth-order valence-electron chi connectivity index (χ4n) is 1.68. The van der Waals surface area contributed by atoms with E-state index in [1.165, 1.54) is 12.7 Å². The fourth-order valence-corrected chi connectivity index (χ4v) is 1.68. The van der Waals surface area contributed by atoms with E-state index in [0.717, 1.165) is 12.0 Å². The topological polar surface area (TPSA) is 41.8 Å². The van der Waals surface area contributed by atoms with E-state index in [4.69, 9.17) is 5.11 Å². The molecule has 0 fully saturated rings. The highest BCUT2D eigenvalue weighted by Crippen LogP contribution is 2.12. The van der Waals surface area contributed by atoms with Crippen LogP contribution in [0.15, 0.2) is 53.4 Å². The number of rotatable bonds is 2. The van der Waals surface area contributed by atoms with Crippen molar-refractivity contribution in [2.24, 2.45) is 11.1 Å². The van der Waals surface area contributed by atoms with Gasteiger partial charge in [-0.05, 0) is 37.0 Å². The predicted octanol–water partition coefficient (Wildman–Crippen LogP) is 4.00. The Balaban J connectivity index is 0.000000200. The van der Waals surface area contributed by atoms with E-state index in [-0.39, 0.29) is 0 Å². The maximum Gasteiger partial charge on any atom is 0.111 e. The van der Waals surface area contributed by atoms with Crippen molar-refractivity contribution in [3.05, 3.63) is 59.4 Å². The number of allylic oxidation sites excluding steroid dienone is 3. The third kappa shape index (κ3) is 6.46. The lowest BCUT2D eigenvalue weighted by molar-refractivity contribution is 0.215. The van der Waals surface area contributed by atoms with Crippen LogP contribution in [0.3, 0.4) is 0 Å². The second-order valence-corrected chi connectivity index (χ2v) is 4.54. The van der Waals surface area contributed by atoms with Crippen LogP contribution in [0, 0.1) is 12.8 Å². The molecule has 1 aliphatic carbocycles. The van der Waals surface area contributed by atoms with Crippen LogP contribution in [0.5, 0.6) is 0 Å². The standard InChI is InChI=1S/C9H11NO.C7H10O/c1-8-4-3-5-9(6-8)7-10-11-2;1-6-3-2-4-7(8)5-6/h3-7H,1-2H3;2,4-6,8H,3H2,1H3/b10-7+;. The summed E-state index contributed by atoms with van der Waals surface area (Å²) in [7, 11) is 1.53. The summed E-state index contributed by atoms with van der Waals surface area (Å²) in [6, 6.07) is 8.06. The van der Waals surface area contributed by atoms with Crippen LogP contribution in [-0.4, -0.2) is 18.4 Å². The number of hydrogen-bond donors (Lipinski definition) is 1. The number of aryl methyl sites for hydroxylation is 1. The number of aliphatic hydroxyl groups excluding tert-OH is 1. The molecule has 0 radical (unpaired) electrons. The summed E-state index contributed by atoms with van der Waals surface area (Å²) in [4.78, 5) is 4.56. The van der Waals surface area contributed by atoms with E-state index in [1.807, 2.05) is 43.3 Å². The lowest BCUT2D eigenvalue weighted by Crippen LogP contribution is -1.93. The van der Waals surface area contributed by atoms with Gasteiger partial charge in [0.15, 0.2) is 0 Å². The molecule has 0 aromatic heterocycles. The molecule has 1 atom stereocenters. The maximum absolute atomic E-state index is 8.85. The van der Waals surface area contributed by atoms with Crippen molar-refractivity contribution in [2.75, 3.05) is 7.11 Å². The number of hydrogen-bond acceptors (Lipinski definition) is 3. The van der Waals surface area contributed by atoms with Crippen LogP contribution in [0.4, 0.5) is 0 Å². The van der Waals surface area contributed by atoms with Gasteiger partial charge in [0.1, 0.15) is 12.9 Å². The molecular formula is C16H21NO2. The molecule has 102 valence electrons. The molecule has 0 amide bonds. The molecule has 1 aromatic rings. The molecule has 1 N–H and O–H groups in total. The molecule has 3 heteroatoms. The van der Waals surface area contributed by atoms with Gasteiger partial charge in [0, 0.05) is 0 Å². The average Bonchev–Trinajstić information content (AvgIpc) is 2.37. The van der Waals surface area contributed by atoms with Crippen molar-refractivity contribution in [1.29, 1.82) is 0 Å². The number of aliphatic hydroxyl groups is 1. The third-order valence-electron chi connectivity index (χ3n) is 2.60. The Bertz CT molecular complexity index is 475. The van der Waals surface area contributed by atoms with E-state index >= 15 is 0 Å². The zero-order valence-electron chi connectivity index (χ0n) is 11.7. The highest BCUT2D eigenvalue weighted by Gasteiger charge is 2.00. The van der Waals surface area contributed by atoms with E-state index in [0.29, 0.717) is 11.7 Å². The first kappa shape index (κ1) is 15.0. The van der Waals surface area contributed by atoms with E-state index in [9.17, 15) is 0 Å². The molecular weight excluding hydrogens is 238 g/mol. The summed E-state index contributed by atoms with van der Waals surface area (Å²) < 4.78 is 0. The Morgan fingerprint density at radius 1 is 1.42 bits per heavy atom. The van der Waals surface area contributed by atoms with Crippen LogP contribution < -0.4 is 0 Å². The first-order chi connectivity index (χ1) is 9.11. The molecule has 0 spiro atoms. The summed E-state index contributed by atoms with van der Waals surface area (Å²) in [5.74, 6) is 0.920. The second-order valence-electron chi connectivity index (χ2n) is 4.54. The van der Waals surface area contributed by atoms with Gasteiger partial charge in [0.25, 0.3) is 0 Å². The van der Waals surface area contributed by atoms with Crippen molar-refractivity contribution in [3.63, 3.8) is 0 Å². The summed E-state index contributed by atoms with van der Waals surface area (Å²) >= 11 is 0. The van der Waals surface area contributed by atoms with Gasteiger partial charge in [-0.3, -0.25) is 0 Å². The molecule has 1 aliphatic rings. The Hall–Kier alpha value is -2.03. The first-order valence-electron chi connectivity index (χ1n) is 6.32. The molecule has 3 nitrogen and oxygen atoms in total. The summed E-state index contributed by atoms with van der Waals surface area (Å²) in [6.45, 7) is 4.13. The number of nitrogens with zero attached hydrogens (tertiary/aromatic N) is 1. The average molecular weight is 259 g/mol. The van der Waals surface area contributed by atoms with Gasteiger partial charge in [-0.1, -0.05) is 48.0 Å². The van der Waals surface area contributed by atoms with E-state index < -0.39 is 0 Å². The van der Waals surface area contributed by atoms with Gasteiger partial charge in [-0.25, -0.2) is 0 Å². The van der Waals surface area contributed by atoms with Crippen LogP contribution >= 0.6 is 0 Å². The predicted molar refractivity (Wildman–Crippen MR) is 79.4 cm³/mol. The Labute approximate surface area is 114 Å². The normalized spacial score (nSPS) is 17.6. The molecule has 19 heavy (non-hydrogen) atoms. The molecule has 0 heterocycles. The number of oxime groups is 1. The maximum atomic E-state index is 8.85. The Morgan fingerprint density at radius 3 is 2.74 bits per heavy atom. The van der Waals surface area contributed by atoms with Crippen LogP contribution in [0.25, 0.3) is 0 Å². The van der Waals surface area contributed by atoms with Gasteiger partial charge in [0.2, 0.25) is 0 Å². The Morgan fingerprint density at radius 2 is 2.21 bits per heavy atom. The second kappa shape index (κ2) is 8.14. The minimum Gasteiger partial charge on any atom is -0.508 e. The quantitative estimate of drug-likeness (QED) is 0.644. The monoisotopic (exact) mass is 259 g/mol. The highest BCUT2D eigenvalue weighted by molar-refractivity contribution is 5.79. The molecule has 0 aliphatic heterocycles. The van der Waals surface area contributed by atoms with Crippen molar-refractivity contribution < 1.29 is 9.94 Å². The number of benzene rings is 1. The highest BCUT2D eigenvalue weighted by atomic mass is 16.6.